The molecule has 1 aromatic heterocycles. The molecule has 0 radical (unpaired) electrons. The number of aromatic nitrogens is 1. The van der Waals surface area contributed by atoms with Gasteiger partial charge in [0.25, 0.3) is 0 Å². The minimum atomic E-state index is -0.617. The number of amides is 2. The molecule has 2 rings (SSSR count). The van der Waals surface area contributed by atoms with Crippen LogP contribution in [0.3, 0.4) is 0 Å². The van der Waals surface area contributed by atoms with E-state index in [0.717, 1.165) is 5.56 Å². The van der Waals surface area contributed by atoms with E-state index in [0.29, 0.717) is 17.3 Å². The Labute approximate surface area is 134 Å². The van der Waals surface area contributed by atoms with Crippen molar-refractivity contribution in [3.63, 3.8) is 0 Å². The number of urea groups is 1. The van der Waals surface area contributed by atoms with Crippen LogP contribution in [-0.2, 0) is 0 Å². The fraction of sp³-hybridized carbons (Fsp3) is 0.250. The molecule has 2 unspecified atom stereocenters. The van der Waals surface area contributed by atoms with Crippen LogP contribution in [-0.4, -0.2) is 22.2 Å². The number of nitrogens with zero attached hydrogens (tertiary/aromatic N) is 1. The topological polar surface area (TPSA) is 74.2 Å². The fourth-order valence-corrected chi connectivity index (χ4v) is 2.16. The van der Waals surface area contributed by atoms with Crippen molar-refractivity contribution in [3.8, 4) is 0 Å². The first kappa shape index (κ1) is 16.3. The van der Waals surface area contributed by atoms with Gasteiger partial charge in [-0.15, -0.1) is 0 Å². The van der Waals surface area contributed by atoms with E-state index in [1.807, 2.05) is 37.3 Å². The van der Waals surface area contributed by atoms with Gasteiger partial charge in [-0.05, 0) is 31.0 Å². The van der Waals surface area contributed by atoms with E-state index in [4.69, 9.17) is 11.6 Å². The number of aliphatic hydroxyl groups excluding tert-OH is 1. The van der Waals surface area contributed by atoms with E-state index in [1.165, 1.54) is 6.20 Å². The SMILES string of the molecule is CC(CC(O)c1ccccc1)NC(=O)Nc1ccc(Cl)nc1. The van der Waals surface area contributed by atoms with Crippen molar-refractivity contribution in [2.45, 2.75) is 25.5 Å². The zero-order valence-corrected chi connectivity index (χ0v) is 12.9. The molecule has 0 aliphatic heterocycles. The molecule has 2 atom stereocenters. The molecule has 2 amide bonds. The Morgan fingerprint density at radius 3 is 2.64 bits per heavy atom. The first-order chi connectivity index (χ1) is 10.5. The second-order valence-corrected chi connectivity index (χ2v) is 5.42. The Hall–Kier alpha value is -2.11. The summed E-state index contributed by atoms with van der Waals surface area (Å²) in [6.45, 7) is 1.84. The monoisotopic (exact) mass is 319 g/mol. The van der Waals surface area contributed by atoms with E-state index < -0.39 is 6.10 Å². The molecule has 3 N–H and O–H groups in total. The normalized spacial score (nSPS) is 13.2. The number of hydrogen-bond acceptors (Lipinski definition) is 3. The lowest BCUT2D eigenvalue weighted by molar-refractivity contribution is 0.155. The molecule has 6 heteroatoms. The molecule has 0 aliphatic rings. The maximum absolute atomic E-state index is 11.9. The van der Waals surface area contributed by atoms with Crippen molar-refractivity contribution in [2.24, 2.45) is 0 Å². The fourth-order valence-electron chi connectivity index (χ4n) is 2.05. The molecule has 116 valence electrons. The Bertz CT molecular complexity index is 605. The summed E-state index contributed by atoms with van der Waals surface area (Å²) in [6.07, 6.45) is 1.29. The van der Waals surface area contributed by atoms with Gasteiger partial charge in [0.15, 0.2) is 0 Å². The highest BCUT2D eigenvalue weighted by atomic mass is 35.5. The summed E-state index contributed by atoms with van der Waals surface area (Å²) in [5.41, 5.74) is 1.39. The minimum absolute atomic E-state index is 0.185. The van der Waals surface area contributed by atoms with Gasteiger partial charge in [-0.25, -0.2) is 9.78 Å². The van der Waals surface area contributed by atoms with Gasteiger partial charge in [0.05, 0.1) is 18.0 Å². The average molecular weight is 320 g/mol. The zero-order chi connectivity index (χ0) is 15.9. The third-order valence-corrected chi connectivity index (χ3v) is 3.35. The standard InChI is InChI=1S/C16H18ClN3O2/c1-11(9-14(21)12-5-3-2-4-6-12)19-16(22)20-13-7-8-15(17)18-10-13/h2-8,10-11,14,21H,9H2,1H3,(H2,19,20,22). The number of halogens is 1. The van der Waals surface area contributed by atoms with Crippen LogP contribution in [0, 0.1) is 0 Å². The third kappa shape index (κ3) is 5.02. The number of pyridine rings is 1. The highest BCUT2D eigenvalue weighted by Crippen LogP contribution is 2.17. The molecule has 1 heterocycles. The number of carbonyl (C=O) groups excluding carboxylic acids is 1. The summed E-state index contributed by atoms with van der Waals surface area (Å²) in [6, 6.07) is 12.1. The van der Waals surface area contributed by atoms with Crippen molar-refractivity contribution >= 4 is 23.3 Å². The number of nitrogens with one attached hydrogen (secondary N) is 2. The molecule has 2 aromatic rings. The Morgan fingerprint density at radius 1 is 1.27 bits per heavy atom. The van der Waals surface area contributed by atoms with Gasteiger partial charge in [0.2, 0.25) is 0 Å². The lowest BCUT2D eigenvalue weighted by atomic mass is 10.0. The molecule has 0 spiro atoms. The molecule has 0 saturated carbocycles. The largest absolute Gasteiger partial charge is 0.388 e. The van der Waals surface area contributed by atoms with Gasteiger partial charge in [-0.3, -0.25) is 0 Å². The minimum Gasteiger partial charge on any atom is -0.388 e. The molecule has 0 fully saturated rings. The van der Waals surface area contributed by atoms with Gasteiger partial charge in [0.1, 0.15) is 5.15 Å². The summed E-state index contributed by atoms with van der Waals surface area (Å²) in [5, 5.41) is 15.9. The van der Waals surface area contributed by atoms with Gasteiger partial charge in [0, 0.05) is 6.04 Å². The predicted octanol–water partition coefficient (Wildman–Crippen LogP) is 3.37. The smallest absolute Gasteiger partial charge is 0.319 e. The van der Waals surface area contributed by atoms with Crippen molar-refractivity contribution in [3.05, 3.63) is 59.4 Å². The Kier molecular flexibility index (Phi) is 5.75. The molecule has 1 aromatic carbocycles. The molecule has 0 bridgehead atoms. The lowest BCUT2D eigenvalue weighted by Crippen LogP contribution is -2.37. The number of aliphatic hydroxyl groups is 1. The molecule has 0 aliphatic carbocycles. The number of rotatable bonds is 5. The molecule has 5 nitrogen and oxygen atoms in total. The Balaban J connectivity index is 1.82. The number of benzene rings is 1. The van der Waals surface area contributed by atoms with Gasteiger partial charge < -0.3 is 15.7 Å². The van der Waals surface area contributed by atoms with Crippen LogP contribution in [0.2, 0.25) is 5.15 Å². The molecular formula is C16H18ClN3O2. The van der Waals surface area contributed by atoms with Crippen LogP contribution in [0.15, 0.2) is 48.7 Å². The van der Waals surface area contributed by atoms with Crippen molar-refractivity contribution in [1.29, 1.82) is 0 Å². The van der Waals surface area contributed by atoms with Crippen LogP contribution >= 0.6 is 11.6 Å². The number of hydrogen-bond donors (Lipinski definition) is 3. The highest BCUT2D eigenvalue weighted by molar-refractivity contribution is 6.29. The second kappa shape index (κ2) is 7.77. The summed E-state index contributed by atoms with van der Waals surface area (Å²) in [7, 11) is 0. The third-order valence-electron chi connectivity index (χ3n) is 3.12. The van der Waals surface area contributed by atoms with Gasteiger partial charge in [-0.2, -0.15) is 0 Å². The van der Waals surface area contributed by atoms with E-state index >= 15 is 0 Å². The van der Waals surface area contributed by atoms with Crippen LogP contribution < -0.4 is 10.6 Å². The van der Waals surface area contributed by atoms with Gasteiger partial charge >= 0.3 is 6.03 Å². The van der Waals surface area contributed by atoms with E-state index in [-0.39, 0.29) is 12.1 Å². The first-order valence-corrected chi connectivity index (χ1v) is 7.34. The maximum atomic E-state index is 11.9. The quantitative estimate of drug-likeness (QED) is 0.740. The summed E-state index contributed by atoms with van der Waals surface area (Å²) in [4.78, 5) is 15.7. The van der Waals surface area contributed by atoms with Gasteiger partial charge in [-0.1, -0.05) is 41.9 Å². The first-order valence-electron chi connectivity index (χ1n) is 6.96. The van der Waals surface area contributed by atoms with E-state index in [1.54, 1.807) is 12.1 Å². The molecule has 0 saturated heterocycles. The lowest BCUT2D eigenvalue weighted by Gasteiger charge is -2.18. The zero-order valence-electron chi connectivity index (χ0n) is 12.2. The highest BCUT2D eigenvalue weighted by Gasteiger charge is 2.14. The number of anilines is 1. The second-order valence-electron chi connectivity index (χ2n) is 5.03. The Morgan fingerprint density at radius 2 is 2.00 bits per heavy atom. The molecular weight excluding hydrogens is 302 g/mol. The average Bonchev–Trinajstić information content (AvgIpc) is 2.50. The van der Waals surface area contributed by atoms with Crippen LogP contribution in [0.4, 0.5) is 10.5 Å². The van der Waals surface area contributed by atoms with Crippen molar-refractivity contribution in [2.75, 3.05) is 5.32 Å². The molecule has 22 heavy (non-hydrogen) atoms. The van der Waals surface area contributed by atoms with E-state index in [2.05, 4.69) is 15.6 Å². The summed E-state index contributed by atoms with van der Waals surface area (Å²) in [5.74, 6) is 0. The van der Waals surface area contributed by atoms with E-state index in [9.17, 15) is 9.90 Å². The van der Waals surface area contributed by atoms with Crippen molar-refractivity contribution < 1.29 is 9.90 Å². The number of carbonyl (C=O) groups is 1. The summed E-state index contributed by atoms with van der Waals surface area (Å²) < 4.78 is 0. The summed E-state index contributed by atoms with van der Waals surface area (Å²) >= 11 is 5.68. The van der Waals surface area contributed by atoms with Crippen LogP contribution in [0.1, 0.15) is 25.0 Å². The maximum Gasteiger partial charge on any atom is 0.319 e. The van der Waals surface area contributed by atoms with Crippen molar-refractivity contribution in [1.82, 2.24) is 10.3 Å². The predicted molar refractivity (Wildman–Crippen MR) is 86.9 cm³/mol. The van der Waals surface area contributed by atoms with Crippen LogP contribution in [0.25, 0.3) is 0 Å². The van der Waals surface area contributed by atoms with Crippen LogP contribution in [0.5, 0.6) is 0 Å².